The van der Waals surface area contributed by atoms with Gasteiger partial charge in [0.15, 0.2) is 0 Å². The second kappa shape index (κ2) is 13.6. The average Bonchev–Trinajstić information content (AvgIpc) is 2.63. The molecule has 0 radical (unpaired) electrons. The minimum atomic E-state index is -1.42. The zero-order chi connectivity index (χ0) is 20.4. The third kappa shape index (κ3) is 9.61. The van der Waals surface area contributed by atoms with Crippen molar-refractivity contribution in [3.05, 3.63) is 0 Å². The van der Waals surface area contributed by atoms with Crippen LogP contribution in [-0.2, 0) is 19.2 Å². The highest BCUT2D eigenvalue weighted by molar-refractivity contribution is 7.98. The van der Waals surface area contributed by atoms with Crippen LogP contribution in [0.4, 0.5) is 0 Å². The number of thioether (sulfide) groups is 1. The van der Waals surface area contributed by atoms with Crippen molar-refractivity contribution in [2.24, 2.45) is 17.6 Å². The van der Waals surface area contributed by atoms with Crippen LogP contribution in [0.15, 0.2) is 0 Å². The van der Waals surface area contributed by atoms with E-state index in [1.165, 1.54) is 0 Å². The zero-order valence-corrected chi connectivity index (χ0v) is 17.5. The molecule has 0 spiro atoms. The largest absolute Gasteiger partial charge is 0.481 e. The minimum Gasteiger partial charge on any atom is -0.481 e. The van der Waals surface area contributed by atoms with Crippen LogP contribution in [0.5, 0.6) is 0 Å². The van der Waals surface area contributed by atoms with E-state index in [2.05, 4.69) is 10.6 Å². The normalized spacial score (nSPS) is 20.9. The maximum absolute atomic E-state index is 12.2. The van der Waals surface area contributed by atoms with E-state index < -0.39 is 36.4 Å². The lowest BCUT2D eigenvalue weighted by molar-refractivity contribution is -0.147. The fraction of sp³-hybridized carbons (Fsp3) is 0.765. The summed E-state index contributed by atoms with van der Waals surface area (Å²) in [4.78, 5) is 45.9. The van der Waals surface area contributed by atoms with Gasteiger partial charge >= 0.3 is 11.9 Å². The Morgan fingerprint density at radius 1 is 1.14 bits per heavy atom. The minimum absolute atomic E-state index is 0. The van der Waals surface area contributed by atoms with E-state index >= 15 is 0 Å². The van der Waals surface area contributed by atoms with Gasteiger partial charge in [0, 0.05) is 12.5 Å². The van der Waals surface area contributed by atoms with E-state index in [1.807, 2.05) is 6.26 Å². The van der Waals surface area contributed by atoms with Crippen molar-refractivity contribution in [3.8, 4) is 0 Å². The molecule has 0 aromatic heterocycles. The summed E-state index contributed by atoms with van der Waals surface area (Å²) in [5, 5.41) is 22.9. The van der Waals surface area contributed by atoms with Crippen LogP contribution >= 0.6 is 24.2 Å². The Balaban J connectivity index is 0.00000729. The van der Waals surface area contributed by atoms with Crippen LogP contribution in [-0.4, -0.2) is 64.6 Å². The lowest BCUT2D eigenvalue weighted by Crippen LogP contribution is -2.46. The summed E-state index contributed by atoms with van der Waals surface area (Å²) in [5.41, 5.74) is 5.82. The van der Waals surface area contributed by atoms with Gasteiger partial charge in [-0.3, -0.25) is 14.4 Å². The van der Waals surface area contributed by atoms with Gasteiger partial charge in [-0.25, -0.2) is 4.79 Å². The van der Waals surface area contributed by atoms with Gasteiger partial charge in [0.2, 0.25) is 11.8 Å². The van der Waals surface area contributed by atoms with Crippen LogP contribution in [0.25, 0.3) is 0 Å². The second-order valence-corrected chi connectivity index (χ2v) is 7.83. The van der Waals surface area contributed by atoms with Gasteiger partial charge in [-0.2, -0.15) is 11.8 Å². The van der Waals surface area contributed by atoms with Gasteiger partial charge < -0.3 is 26.6 Å². The Labute approximate surface area is 175 Å². The molecular weight excluding hydrogens is 410 g/mol. The van der Waals surface area contributed by atoms with Crippen molar-refractivity contribution in [3.63, 3.8) is 0 Å². The number of carbonyl (C=O) groups is 4. The summed E-state index contributed by atoms with van der Waals surface area (Å²) >= 11 is 1.64. The number of amides is 2. The molecule has 0 aromatic rings. The Morgan fingerprint density at radius 2 is 1.75 bits per heavy atom. The molecule has 6 N–H and O–H groups in total. The Hall–Kier alpha value is -1.52. The highest BCUT2D eigenvalue weighted by Crippen LogP contribution is 2.28. The quantitative estimate of drug-likeness (QED) is 0.310. The summed E-state index contributed by atoms with van der Waals surface area (Å²) in [5.74, 6) is -2.49. The van der Waals surface area contributed by atoms with Gasteiger partial charge in [-0.05, 0) is 50.0 Å². The van der Waals surface area contributed by atoms with E-state index in [0.29, 0.717) is 25.8 Å². The molecule has 1 rings (SSSR count). The smallest absolute Gasteiger partial charge is 0.326 e. The molecule has 1 fully saturated rings. The molecule has 2 amide bonds. The molecular formula is C17H30ClN3O6S. The second-order valence-electron chi connectivity index (χ2n) is 6.85. The maximum Gasteiger partial charge on any atom is 0.326 e. The number of rotatable bonds is 11. The first kappa shape index (κ1) is 26.5. The molecule has 0 aromatic carbocycles. The molecule has 1 saturated carbocycles. The van der Waals surface area contributed by atoms with Crippen molar-refractivity contribution in [1.29, 1.82) is 0 Å². The first-order valence-electron chi connectivity index (χ1n) is 9.01. The lowest BCUT2D eigenvalue weighted by Gasteiger charge is -2.29. The molecule has 28 heavy (non-hydrogen) atoms. The molecule has 11 heteroatoms. The molecule has 0 bridgehead atoms. The monoisotopic (exact) mass is 439 g/mol. The van der Waals surface area contributed by atoms with E-state index in [-0.39, 0.29) is 30.2 Å². The van der Waals surface area contributed by atoms with Crippen molar-refractivity contribution in [2.45, 2.75) is 50.6 Å². The fourth-order valence-electron chi connectivity index (χ4n) is 3.04. The highest BCUT2D eigenvalue weighted by atomic mass is 35.5. The molecule has 1 aliphatic rings. The maximum atomic E-state index is 12.2. The number of aliphatic carboxylic acids is 2. The van der Waals surface area contributed by atoms with Crippen molar-refractivity contribution in [1.82, 2.24) is 10.6 Å². The van der Waals surface area contributed by atoms with Gasteiger partial charge in [-0.1, -0.05) is 0 Å². The van der Waals surface area contributed by atoms with Crippen LogP contribution in [0.2, 0.25) is 0 Å². The average molecular weight is 440 g/mol. The van der Waals surface area contributed by atoms with Gasteiger partial charge in [-0.15, -0.1) is 12.4 Å². The number of carboxylic acids is 2. The SMILES string of the molecule is CSCCC(N)C(=O)NCC1CCC(C(=O)NC(CC(=O)O)C(=O)O)CC1.Cl. The number of hydrogen-bond donors (Lipinski definition) is 5. The van der Waals surface area contributed by atoms with Crippen LogP contribution < -0.4 is 16.4 Å². The molecule has 1 aliphatic carbocycles. The third-order valence-corrected chi connectivity index (χ3v) is 5.39. The molecule has 2 atom stereocenters. The third-order valence-electron chi connectivity index (χ3n) is 4.75. The molecule has 9 nitrogen and oxygen atoms in total. The van der Waals surface area contributed by atoms with Gasteiger partial charge in [0.1, 0.15) is 6.04 Å². The van der Waals surface area contributed by atoms with Crippen molar-refractivity contribution >= 4 is 47.9 Å². The topological polar surface area (TPSA) is 159 Å². The first-order valence-corrected chi connectivity index (χ1v) is 10.4. The van der Waals surface area contributed by atoms with E-state index in [0.717, 1.165) is 18.6 Å². The Bertz CT molecular complexity index is 543. The van der Waals surface area contributed by atoms with Gasteiger partial charge in [0.05, 0.1) is 12.5 Å². The molecule has 0 saturated heterocycles. The summed E-state index contributed by atoms with van der Waals surface area (Å²) < 4.78 is 0. The zero-order valence-electron chi connectivity index (χ0n) is 15.9. The first-order chi connectivity index (χ1) is 12.7. The summed E-state index contributed by atoms with van der Waals surface area (Å²) in [6.07, 6.45) is 4.54. The van der Waals surface area contributed by atoms with Crippen LogP contribution in [0.1, 0.15) is 38.5 Å². The predicted octanol–water partition coefficient (Wildman–Crippen LogP) is 0.455. The Morgan fingerprint density at radius 3 is 2.25 bits per heavy atom. The standard InChI is InChI=1S/C17H29N3O6S.ClH/c1-27-7-6-12(18)16(24)19-9-10-2-4-11(5-3-10)15(23)20-13(17(25)26)8-14(21)22;/h10-13H,2-9,18H2,1H3,(H,19,24)(H,20,23)(H,21,22)(H,25,26);1H. The summed E-state index contributed by atoms with van der Waals surface area (Å²) in [6.45, 7) is 0.511. The number of hydrogen-bond acceptors (Lipinski definition) is 6. The molecule has 0 aliphatic heterocycles. The predicted molar refractivity (Wildman–Crippen MR) is 108 cm³/mol. The molecule has 162 valence electrons. The Kier molecular flexibility index (Phi) is 12.9. The highest BCUT2D eigenvalue weighted by Gasteiger charge is 2.30. The fourth-order valence-corrected chi connectivity index (χ4v) is 3.53. The molecule has 0 heterocycles. The van der Waals surface area contributed by atoms with Gasteiger partial charge in [0.25, 0.3) is 0 Å². The lowest BCUT2D eigenvalue weighted by atomic mass is 9.81. The van der Waals surface area contributed by atoms with Crippen LogP contribution in [0.3, 0.4) is 0 Å². The van der Waals surface area contributed by atoms with Crippen LogP contribution in [0, 0.1) is 11.8 Å². The number of carbonyl (C=O) groups excluding carboxylic acids is 2. The number of nitrogens with two attached hydrogens (primary N) is 1. The van der Waals surface area contributed by atoms with Crippen molar-refractivity contribution < 1.29 is 29.4 Å². The summed E-state index contributed by atoms with van der Waals surface area (Å²) in [6, 6.07) is -1.93. The number of carboxylic acid groups (broad SMARTS) is 2. The summed E-state index contributed by atoms with van der Waals surface area (Å²) in [7, 11) is 0. The van der Waals surface area contributed by atoms with E-state index in [4.69, 9.17) is 15.9 Å². The van der Waals surface area contributed by atoms with E-state index in [9.17, 15) is 19.2 Å². The molecule has 2 unspecified atom stereocenters. The number of halogens is 1. The number of nitrogens with one attached hydrogen (secondary N) is 2. The van der Waals surface area contributed by atoms with Crippen molar-refractivity contribution in [2.75, 3.05) is 18.6 Å². The van der Waals surface area contributed by atoms with E-state index in [1.54, 1.807) is 11.8 Å².